The minimum Gasteiger partial charge on any atom is -0.460 e. The fraction of sp³-hybridized carbons (Fsp3) is 0.462. The molecule has 1 saturated carbocycles. The van der Waals surface area contributed by atoms with Crippen LogP contribution in [0.2, 0.25) is 0 Å². The van der Waals surface area contributed by atoms with Crippen molar-refractivity contribution in [2.45, 2.75) is 58.0 Å². The maximum atomic E-state index is 12.7. The smallest absolute Gasteiger partial charge is 0.344 e. The third kappa shape index (κ3) is 6.82. The molecule has 8 heteroatoms. The molecule has 0 bridgehead atoms. The van der Waals surface area contributed by atoms with Crippen molar-refractivity contribution in [2.75, 3.05) is 11.3 Å². The Morgan fingerprint density at radius 3 is 2.47 bits per heavy atom. The normalized spacial score (nSPS) is 20.6. The van der Waals surface area contributed by atoms with E-state index in [-0.39, 0.29) is 16.6 Å². The molecule has 1 aliphatic carbocycles. The van der Waals surface area contributed by atoms with Crippen LogP contribution in [0, 0.1) is 24.7 Å². The molecule has 0 saturated heterocycles. The molecule has 0 aromatic heterocycles. The number of benzene rings is 2. The Balaban J connectivity index is 1.60. The van der Waals surface area contributed by atoms with Gasteiger partial charge in [-0.1, -0.05) is 51.0 Å². The number of rotatable bonds is 8. The van der Waals surface area contributed by atoms with E-state index in [1.807, 2.05) is 6.92 Å². The molecule has 1 N–H and O–H groups in total. The van der Waals surface area contributed by atoms with E-state index in [0.717, 1.165) is 24.8 Å². The standard InChI is InChI=1S/C26H33NO6S/c1-17(2)23-13-10-19(4)14-24(23)33-25(28)16-32-26(29)20-6-5-7-22(15-20)34(30,31)27-21-11-8-18(3)9-12-21/h5-9,11-12,15,17,19,23-24,27H,10,13-14,16H2,1-4H3/t19-,23+,24-/m1/s1. The van der Waals surface area contributed by atoms with Crippen molar-refractivity contribution in [1.82, 2.24) is 0 Å². The monoisotopic (exact) mass is 487 g/mol. The number of carbonyl (C=O) groups is 2. The van der Waals surface area contributed by atoms with E-state index >= 15 is 0 Å². The molecule has 1 aliphatic rings. The minimum atomic E-state index is -3.90. The second-order valence-electron chi connectivity index (χ2n) is 9.43. The van der Waals surface area contributed by atoms with Gasteiger partial charge in [0.05, 0.1) is 10.5 Å². The number of sulfonamides is 1. The van der Waals surface area contributed by atoms with Gasteiger partial charge in [0.2, 0.25) is 0 Å². The quantitative estimate of drug-likeness (QED) is 0.529. The fourth-order valence-electron chi connectivity index (χ4n) is 4.29. The number of hydrogen-bond acceptors (Lipinski definition) is 6. The lowest BCUT2D eigenvalue weighted by Gasteiger charge is -2.36. The van der Waals surface area contributed by atoms with Gasteiger partial charge in [0.1, 0.15) is 6.10 Å². The molecule has 0 radical (unpaired) electrons. The molecule has 184 valence electrons. The number of ether oxygens (including phenoxy) is 2. The number of esters is 2. The highest BCUT2D eigenvalue weighted by molar-refractivity contribution is 7.92. The maximum absolute atomic E-state index is 12.7. The molecule has 7 nitrogen and oxygen atoms in total. The number of carbonyl (C=O) groups excluding carboxylic acids is 2. The number of nitrogens with one attached hydrogen (secondary N) is 1. The van der Waals surface area contributed by atoms with E-state index in [4.69, 9.17) is 9.47 Å². The molecular formula is C26H33NO6S. The van der Waals surface area contributed by atoms with Gasteiger partial charge in [-0.25, -0.2) is 18.0 Å². The Hall–Kier alpha value is -2.87. The van der Waals surface area contributed by atoms with E-state index in [1.165, 1.54) is 24.3 Å². The second-order valence-corrected chi connectivity index (χ2v) is 11.1. The van der Waals surface area contributed by atoms with Gasteiger partial charge in [-0.15, -0.1) is 0 Å². The predicted molar refractivity (Wildman–Crippen MR) is 130 cm³/mol. The lowest BCUT2D eigenvalue weighted by Crippen LogP contribution is -2.36. The molecule has 3 rings (SSSR count). The van der Waals surface area contributed by atoms with E-state index < -0.39 is 28.6 Å². The number of hydrogen-bond donors (Lipinski definition) is 1. The van der Waals surface area contributed by atoms with Crippen molar-refractivity contribution in [3.8, 4) is 0 Å². The summed E-state index contributed by atoms with van der Waals surface area (Å²) in [6, 6.07) is 12.4. The Bertz CT molecular complexity index is 1110. The molecule has 0 aliphatic heterocycles. The first-order chi connectivity index (χ1) is 16.0. The first kappa shape index (κ1) is 25.7. The summed E-state index contributed by atoms with van der Waals surface area (Å²) in [4.78, 5) is 24.8. The fourth-order valence-corrected chi connectivity index (χ4v) is 5.39. The van der Waals surface area contributed by atoms with Crippen LogP contribution in [0.4, 0.5) is 5.69 Å². The lowest BCUT2D eigenvalue weighted by molar-refractivity contribution is -0.159. The van der Waals surface area contributed by atoms with Gasteiger partial charge < -0.3 is 9.47 Å². The highest BCUT2D eigenvalue weighted by Gasteiger charge is 2.33. The molecule has 34 heavy (non-hydrogen) atoms. The van der Waals surface area contributed by atoms with Gasteiger partial charge in [-0.05, 0) is 67.9 Å². The summed E-state index contributed by atoms with van der Waals surface area (Å²) in [6.07, 6.45) is 2.74. The second kappa shape index (κ2) is 11.0. The first-order valence-corrected chi connectivity index (χ1v) is 13.1. The predicted octanol–water partition coefficient (Wildman–Crippen LogP) is 4.96. The molecule has 0 spiro atoms. The number of anilines is 1. The zero-order valence-corrected chi connectivity index (χ0v) is 20.9. The van der Waals surface area contributed by atoms with E-state index in [0.29, 0.717) is 23.4 Å². The topological polar surface area (TPSA) is 98.8 Å². The molecule has 0 heterocycles. The molecule has 3 atom stereocenters. The van der Waals surface area contributed by atoms with E-state index in [9.17, 15) is 18.0 Å². The van der Waals surface area contributed by atoms with E-state index in [1.54, 1.807) is 24.3 Å². The van der Waals surface area contributed by atoms with Crippen LogP contribution in [0.1, 0.15) is 56.0 Å². The van der Waals surface area contributed by atoms with Crippen molar-refractivity contribution in [3.63, 3.8) is 0 Å². The van der Waals surface area contributed by atoms with Gasteiger partial charge in [0.15, 0.2) is 6.61 Å². The van der Waals surface area contributed by atoms with Crippen LogP contribution >= 0.6 is 0 Å². The summed E-state index contributed by atoms with van der Waals surface area (Å²) in [5.74, 6) is -0.219. The number of aryl methyl sites for hydroxylation is 1. The molecule has 2 aromatic carbocycles. The lowest BCUT2D eigenvalue weighted by atomic mass is 9.75. The summed E-state index contributed by atoms with van der Waals surface area (Å²) >= 11 is 0. The van der Waals surface area contributed by atoms with Gasteiger partial charge >= 0.3 is 11.9 Å². The van der Waals surface area contributed by atoms with Crippen LogP contribution in [-0.2, 0) is 24.3 Å². The van der Waals surface area contributed by atoms with Crippen molar-refractivity contribution >= 4 is 27.6 Å². The largest absolute Gasteiger partial charge is 0.460 e. The average molecular weight is 488 g/mol. The Morgan fingerprint density at radius 2 is 1.79 bits per heavy atom. The summed E-state index contributed by atoms with van der Waals surface area (Å²) in [7, 11) is -3.90. The van der Waals surface area contributed by atoms with E-state index in [2.05, 4.69) is 25.5 Å². The molecule has 0 amide bonds. The molecule has 1 fully saturated rings. The van der Waals surface area contributed by atoms with Crippen LogP contribution < -0.4 is 4.72 Å². The van der Waals surface area contributed by atoms with Gasteiger partial charge in [0.25, 0.3) is 10.0 Å². The van der Waals surface area contributed by atoms with Crippen LogP contribution in [0.5, 0.6) is 0 Å². The summed E-state index contributed by atoms with van der Waals surface area (Å²) < 4.78 is 38.7. The van der Waals surface area contributed by atoms with Crippen LogP contribution in [0.25, 0.3) is 0 Å². The molecule has 0 unspecified atom stereocenters. The zero-order valence-electron chi connectivity index (χ0n) is 20.1. The highest BCUT2D eigenvalue weighted by atomic mass is 32.2. The maximum Gasteiger partial charge on any atom is 0.344 e. The molecule has 2 aromatic rings. The minimum absolute atomic E-state index is 0.0333. The SMILES string of the molecule is Cc1ccc(NS(=O)(=O)c2cccc(C(=O)OCC(=O)O[C@@H]3C[C@H](C)CC[C@H]3C(C)C)c2)cc1. The zero-order chi connectivity index (χ0) is 24.9. The van der Waals surface area contributed by atoms with Crippen LogP contribution in [0.15, 0.2) is 53.4 Å². The highest BCUT2D eigenvalue weighted by Crippen LogP contribution is 2.35. The van der Waals surface area contributed by atoms with Crippen molar-refractivity contribution in [3.05, 3.63) is 59.7 Å². The summed E-state index contributed by atoms with van der Waals surface area (Å²) in [6.45, 7) is 7.77. The third-order valence-corrected chi connectivity index (χ3v) is 7.63. The Labute approximate surface area is 201 Å². The van der Waals surface area contributed by atoms with Gasteiger partial charge in [-0.2, -0.15) is 0 Å². The molecular weight excluding hydrogens is 454 g/mol. The van der Waals surface area contributed by atoms with Crippen molar-refractivity contribution in [1.29, 1.82) is 0 Å². The average Bonchev–Trinajstić information content (AvgIpc) is 2.79. The Morgan fingerprint density at radius 1 is 1.09 bits per heavy atom. The van der Waals surface area contributed by atoms with Gasteiger partial charge in [0, 0.05) is 5.69 Å². The van der Waals surface area contributed by atoms with Crippen molar-refractivity contribution < 1.29 is 27.5 Å². The van der Waals surface area contributed by atoms with Crippen LogP contribution in [0.3, 0.4) is 0 Å². The third-order valence-electron chi connectivity index (χ3n) is 6.25. The Kier molecular flexibility index (Phi) is 8.36. The van der Waals surface area contributed by atoms with Gasteiger partial charge in [-0.3, -0.25) is 4.72 Å². The van der Waals surface area contributed by atoms with Crippen molar-refractivity contribution in [2.24, 2.45) is 17.8 Å². The van der Waals surface area contributed by atoms with Crippen LogP contribution in [-0.4, -0.2) is 33.1 Å². The first-order valence-electron chi connectivity index (χ1n) is 11.6. The summed E-state index contributed by atoms with van der Waals surface area (Å²) in [5, 5.41) is 0. The summed E-state index contributed by atoms with van der Waals surface area (Å²) in [5.41, 5.74) is 1.45.